The minimum atomic E-state index is -0.160. The largest absolute Gasteiger partial charge is 0.321 e. The molecule has 1 aromatic heterocycles. The summed E-state index contributed by atoms with van der Waals surface area (Å²) in [5.41, 5.74) is 3.38. The maximum Gasteiger partial charge on any atom is 0.265 e. The number of fused-ring (bicyclic) bond motifs is 1. The summed E-state index contributed by atoms with van der Waals surface area (Å²) in [4.78, 5) is 27.9. The van der Waals surface area contributed by atoms with Crippen LogP contribution in [0, 0.1) is 0 Å². The third-order valence-corrected chi connectivity index (χ3v) is 5.77. The molecule has 0 bridgehead atoms. The maximum absolute atomic E-state index is 13.2. The second-order valence-corrected chi connectivity index (χ2v) is 7.67. The fourth-order valence-corrected chi connectivity index (χ4v) is 4.06. The number of amides is 2. The first-order valence-electron chi connectivity index (χ1n) is 8.99. The Bertz CT molecular complexity index is 981. The summed E-state index contributed by atoms with van der Waals surface area (Å²) in [5.74, 6) is 0.245. The van der Waals surface area contributed by atoms with E-state index in [9.17, 15) is 9.59 Å². The van der Waals surface area contributed by atoms with Crippen molar-refractivity contribution in [3.8, 4) is 0 Å². The number of hydrogen-bond donors (Lipinski definition) is 1. The molecule has 0 saturated carbocycles. The zero-order chi connectivity index (χ0) is 18.8. The van der Waals surface area contributed by atoms with Crippen LogP contribution in [0.3, 0.4) is 0 Å². The summed E-state index contributed by atoms with van der Waals surface area (Å²) in [7, 11) is 0. The smallest absolute Gasteiger partial charge is 0.265 e. The molecule has 0 radical (unpaired) electrons. The van der Waals surface area contributed by atoms with Crippen molar-refractivity contribution >= 4 is 34.5 Å². The molecule has 4 rings (SSSR count). The lowest BCUT2D eigenvalue weighted by Gasteiger charge is -2.33. The number of anilines is 2. The van der Waals surface area contributed by atoms with E-state index in [1.807, 2.05) is 34.5 Å². The second-order valence-electron chi connectivity index (χ2n) is 6.72. The normalized spacial score (nSPS) is 15.9. The zero-order valence-corrected chi connectivity index (χ0v) is 15.8. The molecule has 2 amide bonds. The van der Waals surface area contributed by atoms with E-state index in [2.05, 4.69) is 18.3 Å². The summed E-state index contributed by atoms with van der Waals surface area (Å²) >= 11 is 1.39. The molecule has 4 nitrogen and oxygen atoms in total. The molecule has 0 aliphatic carbocycles. The third-order valence-electron chi connectivity index (χ3n) is 4.90. The van der Waals surface area contributed by atoms with E-state index >= 15 is 0 Å². The Morgan fingerprint density at radius 2 is 1.93 bits per heavy atom. The van der Waals surface area contributed by atoms with Gasteiger partial charge in [-0.2, -0.15) is 0 Å². The number of nitrogens with one attached hydrogen (secondary N) is 1. The summed E-state index contributed by atoms with van der Waals surface area (Å²) in [6.07, 6.45) is 0.942. The van der Waals surface area contributed by atoms with Gasteiger partial charge in [0.25, 0.3) is 11.8 Å². The molecule has 1 aliphatic heterocycles. The van der Waals surface area contributed by atoms with Crippen molar-refractivity contribution in [2.75, 3.05) is 16.8 Å². The minimum Gasteiger partial charge on any atom is -0.321 e. The molecular formula is C22H20N2O2S. The minimum absolute atomic E-state index is 0.0402. The number of para-hydroxylation sites is 1. The van der Waals surface area contributed by atoms with Gasteiger partial charge in [-0.15, -0.1) is 11.3 Å². The Morgan fingerprint density at radius 3 is 2.74 bits per heavy atom. The van der Waals surface area contributed by atoms with Crippen LogP contribution < -0.4 is 10.2 Å². The van der Waals surface area contributed by atoms with Gasteiger partial charge in [0, 0.05) is 23.5 Å². The van der Waals surface area contributed by atoms with E-state index in [4.69, 9.17) is 0 Å². The topological polar surface area (TPSA) is 49.4 Å². The van der Waals surface area contributed by atoms with Crippen molar-refractivity contribution in [1.82, 2.24) is 0 Å². The van der Waals surface area contributed by atoms with Crippen LogP contribution in [0.15, 0.2) is 66.0 Å². The monoisotopic (exact) mass is 376 g/mol. The van der Waals surface area contributed by atoms with Crippen molar-refractivity contribution in [3.05, 3.63) is 82.0 Å². The van der Waals surface area contributed by atoms with Gasteiger partial charge in [-0.05, 0) is 53.6 Å². The fraction of sp³-hybridized carbons (Fsp3) is 0.182. The van der Waals surface area contributed by atoms with Gasteiger partial charge >= 0.3 is 0 Å². The van der Waals surface area contributed by atoms with Crippen LogP contribution in [0.4, 0.5) is 11.4 Å². The number of nitrogens with zero attached hydrogens (tertiary/aromatic N) is 1. The summed E-state index contributed by atoms with van der Waals surface area (Å²) < 4.78 is 0. The number of carbonyl (C=O) groups is 2. The Balaban J connectivity index is 1.58. The van der Waals surface area contributed by atoms with E-state index in [-0.39, 0.29) is 11.8 Å². The lowest BCUT2D eigenvalue weighted by Crippen LogP contribution is -2.36. The lowest BCUT2D eigenvalue weighted by atomic mass is 9.91. The quantitative estimate of drug-likeness (QED) is 0.687. The number of rotatable bonds is 3. The summed E-state index contributed by atoms with van der Waals surface area (Å²) in [6.45, 7) is 2.89. The molecule has 0 saturated heterocycles. The molecule has 136 valence electrons. The number of hydrogen-bond acceptors (Lipinski definition) is 3. The molecule has 3 aromatic rings. The predicted octanol–water partition coefficient (Wildman–Crippen LogP) is 5.15. The van der Waals surface area contributed by atoms with Gasteiger partial charge in [0.1, 0.15) is 0 Å². The van der Waals surface area contributed by atoms with Gasteiger partial charge < -0.3 is 10.2 Å². The van der Waals surface area contributed by atoms with E-state index in [0.717, 1.165) is 12.1 Å². The van der Waals surface area contributed by atoms with Crippen molar-refractivity contribution in [2.24, 2.45) is 0 Å². The first-order chi connectivity index (χ1) is 13.1. The van der Waals surface area contributed by atoms with Crippen LogP contribution in [-0.2, 0) is 0 Å². The highest BCUT2D eigenvalue weighted by atomic mass is 32.1. The van der Waals surface area contributed by atoms with Gasteiger partial charge in [-0.25, -0.2) is 0 Å². The highest BCUT2D eigenvalue weighted by Gasteiger charge is 2.27. The van der Waals surface area contributed by atoms with Crippen molar-refractivity contribution in [3.63, 3.8) is 0 Å². The van der Waals surface area contributed by atoms with Crippen molar-refractivity contribution in [1.29, 1.82) is 0 Å². The van der Waals surface area contributed by atoms with Gasteiger partial charge in [0.15, 0.2) is 0 Å². The van der Waals surface area contributed by atoms with Crippen LogP contribution in [0.2, 0.25) is 0 Å². The molecule has 2 heterocycles. The Kier molecular flexibility index (Phi) is 4.77. The average Bonchev–Trinajstić information content (AvgIpc) is 3.23. The van der Waals surface area contributed by atoms with Crippen LogP contribution in [0.5, 0.6) is 0 Å². The lowest BCUT2D eigenvalue weighted by molar-refractivity contribution is 0.0982. The Morgan fingerprint density at radius 1 is 1.07 bits per heavy atom. The number of thiophene rings is 1. The van der Waals surface area contributed by atoms with Gasteiger partial charge in [-0.1, -0.05) is 37.3 Å². The van der Waals surface area contributed by atoms with Crippen LogP contribution >= 0.6 is 11.3 Å². The number of carbonyl (C=O) groups excluding carboxylic acids is 2. The van der Waals surface area contributed by atoms with Gasteiger partial charge in [-0.3, -0.25) is 9.59 Å². The second kappa shape index (κ2) is 7.37. The first-order valence-corrected chi connectivity index (χ1v) is 9.87. The van der Waals surface area contributed by atoms with Crippen molar-refractivity contribution < 1.29 is 9.59 Å². The summed E-state index contributed by atoms with van der Waals surface area (Å²) in [5, 5.41) is 4.73. The molecule has 5 heteroatoms. The highest BCUT2D eigenvalue weighted by molar-refractivity contribution is 7.12. The van der Waals surface area contributed by atoms with E-state index in [0.29, 0.717) is 28.6 Å². The Hall–Kier alpha value is -2.92. The summed E-state index contributed by atoms with van der Waals surface area (Å²) in [6, 6.07) is 18.8. The fourth-order valence-electron chi connectivity index (χ4n) is 3.45. The Labute approximate surface area is 162 Å². The molecule has 1 aliphatic rings. The van der Waals surface area contributed by atoms with Gasteiger partial charge in [0.2, 0.25) is 0 Å². The molecule has 27 heavy (non-hydrogen) atoms. The molecule has 2 aromatic carbocycles. The van der Waals surface area contributed by atoms with Crippen LogP contribution in [0.25, 0.3) is 0 Å². The third kappa shape index (κ3) is 3.51. The van der Waals surface area contributed by atoms with Crippen molar-refractivity contribution in [2.45, 2.75) is 19.3 Å². The SMILES string of the molecule is CC1CCN(C(=O)c2cccc(NC(=O)c3cccs3)c2)c2ccccc21. The van der Waals surface area contributed by atoms with E-state index in [1.165, 1.54) is 16.9 Å². The number of benzene rings is 2. The van der Waals surface area contributed by atoms with E-state index < -0.39 is 0 Å². The molecule has 0 fully saturated rings. The molecular weight excluding hydrogens is 356 g/mol. The highest BCUT2D eigenvalue weighted by Crippen LogP contribution is 2.35. The molecule has 1 unspecified atom stereocenters. The molecule has 0 spiro atoms. The van der Waals surface area contributed by atoms with Crippen LogP contribution in [-0.4, -0.2) is 18.4 Å². The predicted molar refractivity (Wildman–Crippen MR) is 110 cm³/mol. The molecule has 1 atom stereocenters. The van der Waals surface area contributed by atoms with Gasteiger partial charge in [0.05, 0.1) is 4.88 Å². The average molecular weight is 376 g/mol. The maximum atomic E-state index is 13.2. The van der Waals surface area contributed by atoms with Crippen LogP contribution in [0.1, 0.15) is 44.9 Å². The van der Waals surface area contributed by atoms with E-state index in [1.54, 1.807) is 30.3 Å². The zero-order valence-electron chi connectivity index (χ0n) is 15.0. The molecule has 1 N–H and O–H groups in total. The standard InChI is InChI=1S/C22H20N2O2S/c1-15-11-12-24(19-9-3-2-8-18(15)19)22(26)16-6-4-7-17(14-16)23-21(25)20-10-5-13-27-20/h2-10,13-15H,11-12H2,1H3,(H,23,25). The first kappa shape index (κ1) is 17.5.